The van der Waals surface area contributed by atoms with E-state index in [0.717, 1.165) is 45.8 Å². The van der Waals surface area contributed by atoms with Crippen molar-refractivity contribution in [2.24, 2.45) is 0 Å². The second kappa shape index (κ2) is 9.95. The molecule has 1 aliphatic rings. The molecule has 7 heteroatoms. The van der Waals surface area contributed by atoms with E-state index in [-0.39, 0.29) is 6.04 Å². The third-order valence-corrected chi connectivity index (χ3v) is 6.75. The molecule has 1 aromatic heterocycles. The molecule has 0 bridgehead atoms. The zero-order chi connectivity index (χ0) is 25.2. The van der Waals surface area contributed by atoms with Crippen LogP contribution in [0.5, 0.6) is 5.75 Å². The van der Waals surface area contributed by atoms with Crippen molar-refractivity contribution in [2.75, 3.05) is 12.0 Å². The lowest BCUT2D eigenvalue weighted by Gasteiger charge is -2.37. The van der Waals surface area contributed by atoms with Crippen molar-refractivity contribution in [3.63, 3.8) is 0 Å². The molecule has 1 unspecified atom stereocenters. The smallest absolute Gasteiger partial charge is 0.258 e. The van der Waals surface area contributed by atoms with E-state index in [9.17, 15) is 0 Å². The minimum Gasteiger partial charge on any atom is -0.497 e. The van der Waals surface area contributed by atoms with E-state index < -0.39 is 0 Å². The Balaban J connectivity index is 1.64. The second-order valence-corrected chi connectivity index (χ2v) is 9.19. The number of nitrogens with one attached hydrogen (secondary N) is 1. The van der Waals surface area contributed by atoms with E-state index in [1.807, 2.05) is 48.2 Å². The summed E-state index contributed by atoms with van der Waals surface area (Å²) in [5.41, 5.74) is 7.13. The van der Waals surface area contributed by atoms with Gasteiger partial charge in [-0.3, -0.25) is 4.90 Å². The van der Waals surface area contributed by atoms with E-state index in [4.69, 9.17) is 26.5 Å². The van der Waals surface area contributed by atoms with Gasteiger partial charge in [0.2, 0.25) is 5.82 Å². The van der Waals surface area contributed by atoms with Gasteiger partial charge in [-0.2, -0.15) is 4.98 Å². The summed E-state index contributed by atoms with van der Waals surface area (Å²) in [7, 11) is 1.64. The first-order valence-corrected chi connectivity index (χ1v) is 12.3. The van der Waals surface area contributed by atoms with E-state index in [2.05, 4.69) is 60.7 Å². The monoisotopic (exact) mass is 496 g/mol. The van der Waals surface area contributed by atoms with Gasteiger partial charge in [0, 0.05) is 16.9 Å². The number of aromatic nitrogens is 2. The lowest BCUT2D eigenvalue weighted by molar-refractivity contribution is 0.403. The Labute approximate surface area is 216 Å². The maximum absolute atomic E-state index is 5.87. The predicted molar refractivity (Wildman–Crippen MR) is 147 cm³/mol. The minimum absolute atomic E-state index is 0.233. The van der Waals surface area contributed by atoms with E-state index in [1.54, 1.807) is 7.11 Å². The zero-order valence-electron chi connectivity index (χ0n) is 20.8. The largest absolute Gasteiger partial charge is 0.497 e. The molecule has 0 spiro atoms. The number of hydrogen-bond acceptors (Lipinski definition) is 5. The van der Waals surface area contributed by atoms with Crippen LogP contribution in [0.25, 0.3) is 17.0 Å². The van der Waals surface area contributed by atoms with Crippen molar-refractivity contribution in [2.45, 2.75) is 33.2 Å². The van der Waals surface area contributed by atoms with Crippen LogP contribution >= 0.6 is 12.2 Å². The fourth-order valence-corrected chi connectivity index (χ4v) is 4.87. The number of thiocarbonyl (C=S) groups is 1. The van der Waals surface area contributed by atoms with Crippen LogP contribution in [-0.4, -0.2) is 22.4 Å². The number of nitrogens with zero attached hydrogens (tertiary/aromatic N) is 3. The molecule has 2 heterocycles. The molecule has 0 saturated heterocycles. The molecule has 0 saturated carbocycles. The van der Waals surface area contributed by atoms with Crippen molar-refractivity contribution < 1.29 is 9.26 Å². The summed E-state index contributed by atoms with van der Waals surface area (Å²) in [5, 5.41) is 8.46. The van der Waals surface area contributed by atoms with Crippen LogP contribution < -0.4 is 15.0 Å². The standard InChI is InChI=1S/C29H28N4O2S/c1-5-20-12-14-21(15-13-20)26-25(19(3)33(29(36)30-26)23-10-6-8-18(2)16-23)28-31-27(32-35-28)22-9-7-11-24(17-22)34-4/h6-17,26H,5H2,1-4H3,(H,30,36). The molecule has 1 atom stereocenters. The van der Waals surface area contributed by atoms with Gasteiger partial charge in [0.15, 0.2) is 5.11 Å². The molecule has 0 radical (unpaired) electrons. The average molecular weight is 497 g/mol. The van der Waals surface area contributed by atoms with Crippen molar-refractivity contribution in [1.82, 2.24) is 15.5 Å². The molecule has 4 aromatic rings. The molecule has 3 aromatic carbocycles. The van der Waals surface area contributed by atoms with Gasteiger partial charge in [-0.15, -0.1) is 0 Å². The number of rotatable bonds is 6. The highest BCUT2D eigenvalue weighted by atomic mass is 32.1. The summed E-state index contributed by atoms with van der Waals surface area (Å²) in [5.74, 6) is 1.68. The van der Waals surface area contributed by atoms with Crippen LogP contribution in [0.1, 0.15) is 42.5 Å². The average Bonchev–Trinajstić information content (AvgIpc) is 3.38. The second-order valence-electron chi connectivity index (χ2n) is 8.81. The summed E-state index contributed by atoms with van der Waals surface area (Å²) < 4.78 is 11.2. The van der Waals surface area contributed by atoms with Crippen molar-refractivity contribution in [3.8, 4) is 17.1 Å². The number of benzene rings is 3. The van der Waals surface area contributed by atoms with Crippen LogP contribution in [0, 0.1) is 6.92 Å². The summed E-state index contributed by atoms with van der Waals surface area (Å²) in [6.45, 7) is 6.27. The van der Waals surface area contributed by atoms with Gasteiger partial charge < -0.3 is 14.6 Å². The molecule has 36 heavy (non-hydrogen) atoms. The quantitative estimate of drug-likeness (QED) is 0.306. The zero-order valence-corrected chi connectivity index (χ0v) is 21.6. The normalized spacial score (nSPS) is 15.7. The molecule has 0 amide bonds. The van der Waals surface area contributed by atoms with Gasteiger partial charge in [0.25, 0.3) is 5.89 Å². The van der Waals surface area contributed by atoms with E-state index in [0.29, 0.717) is 16.8 Å². The SMILES string of the molecule is CCc1ccc(C2NC(=S)N(c3cccc(C)c3)C(C)=C2c2nc(-c3cccc(OC)c3)no2)cc1. The fourth-order valence-electron chi connectivity index (χ4n) is 4.51. The lowest BCUT2D eigenvalue weighted by atomic mass is 9.93. The summed E-state index contributed by atoms with van der Waals surface area (Å²) in [4.78, 5) is 6.84. The predicted octanol–water partition coefficient (Wildman–Crippen LogP) is 6.48. The number of allylic oxidation sites excluding steroid dienone is 1. The van der Waals surface area contributed by atoms with Crippen molar-refractivity contribution >= 4 is 28.6 Å². The van der Waals surface area contributed by atoms with Gasteiger partial charge >= 0.3 is 0 Å². The Morgan fingerprint density at radius 2 is 1.81 bits per heavy atom. The maximum Gasteiger partial charge on any atom is 0.258 e. The lowest BCUT2D eigenvalue weighted by Crippen LogP contribution is -2.46. The highest BCUT2D eigenvalue weighted by Gasteiger charge is 2.34. The Morgan fingerprint density at radius 1 is 1.03 bits per heavy atom. The number of ether oxygens (including phenoxy) is 1. The number of hydrogen-bond donors (Lipinski definition) is 1. The van der Waals surface area contributed by atoms with Crippen LogP contribution in [0.2, 0.25) is 0 Å². The van der Waals surface area contributed by atoms with Gasteiger partial charge in [-0.05, 0) is 73.4 Å². The van der Waals surface area contributed by atoms with Crippen molar-refractivity contribution in [3.05, 3.63) is 101 Å². The molecule has 0 aliphatic carbocycles. The first kappa shape index (κ1) is 23.8. The Kier molecular flexibility index (Phi) is 6.57. The van der Waals surface area contributed by atoms with Crippen LogP contribution in [0.15, 0.2) is 83.0 Å². The molecular weight excluding hydrogens is 468 g/mol. The highest BCUT2D eigenvalue weighted by molar-refractivity contribution is 7.80. The van der Waals surface area contributed by atoms with Crippen LogP contribution in [0.3, 0.4) is 0 Å². The first-order chi connectivity index (χ1) is 17.5. The summed E-state index contributed by atoms with van der Waals surface area (Å²) in [6, 6.07) is 24.2. The Hall–Kier alpha value is -3.97. The minimum atomic E-state index is -0.233. The van der Waals surface area contributed by atoms with E-state index in [1.165, 1.54) is 5.56 Å². The molecule has 0 fully saturated rings. The summed E-state index contributed by atoms with van der Waals surface area (Å²) in [6.07, 6.45) is 0.979. The van der Waals surface area contributed by atoms with Gasteiger partial charge in [-0.1, -0.05) is 60.6 Å². The van der Waals surface area contributed by atoms with Crippen molar-refractivity contribution in [1.29, 1.82) is 0 Å². The number of aryl methyl sites for hydroxylation is 2. The molecule has 6 nitrogen and oxygen atoms in total. The number of methoxy groups -OCH3 is 1. The molecule has 182 valence electrons. The van der Waals surface area contributed by atoms with E-state index >= 15 is 0 Å². The molecule has 1 N–H and O–H groups in total. The third-order valence-electron chi connectivity index (χ3n) is 6.45. The van der Waals surface area contributed by atoms with Gasteiger partial charge in [0.1, 0.15) is 5.75 Å². The third kappa shape index (κ3) is 4.50. The Bertz CT molecular complexity index is 1440. The van der Waals surface area contributed by atoms with Crippen LogP contribution in [-0.2, 0) is 6.42 Å². The molecule has 1 aliphatic heterocycles. The summed E-state index contributed by atoms with van der Waals surface area (Å²) >= 11 is 5.87. The fraction of sp³-hybridized carbons (Fsp3) is 0.207. The molecule has 5 rings (SSSR count). The number of anilines is 1. The maximum atomic E-state index is 5.87. The molecular formula is C29H28N4O2S. The Morgan fingerprint density at radius 3 is 2.53 bits per heavy atom. The van der Waals surface area contributed by atoms with Gasteiger partial charge in [-0.25, -0.2) is 0 Å². The van der Waals surface area contributed by atoms with Crippen LogP contribution in [0.4, 0.5) is 5.69 Å². The van der Waals surface area contributed by atoms with Gasteiger partial charge in [0.05, 0.1) is 18.7 Å². The highest BCUT2D eigenvalue weighted by Crippen LogP contribution is 2.39. The first-order valence-electron chi connectivity index (χ1n) is 11.9. The topological polar surface area (TPSA) is 63.4 Å².